The molecule has 0 heterocycles. The van der Waals surface area contributed by atoms with Crippen molar-refractivity contribution in [1.82, 2.24) is 10.2 Å². The second-order valence-corrected chi connectivity index (χ2v) is 4.56. The Morgan fingerprint density at radius 1 is 1.63 bits per heavy atom. The van der Waals surface area contributed by atoms with Crippen molar-refractivity contribution >= 4 is 24.5 Å². The molecule has 0 aliphatic heterocycles. The molecule has 1 unspecified atom stereocenters. The standard InChI is InChI=1S/C11H19FN2O4S/c1-8(11(17)13-2)4-14(7-16)5-10(19-12)9(6-15)18-3/h4,7,9-10,15H,5-6H2,1-3H3,(H,13,17)/b8-4-/t9?,10-/m1/s1. The summed E-state index contributed by atoms with van der Waals surface area (Å²) in [6, 6.07) is 0. The van der Waals surface area contributed by atoms with Gasteiger partial charge in [0.15, 0.2) is 0 Å². The van der Waals surface area contributed by atoms with Crippen molar-refractivity contribution in [3.63, 3.8) is 0 Å². The number of hydrogen-bond donors (Lipinski definition) is 2. The highest BCUT2D eigenvalue weighted by Crippen LogP contribution is 2.19. The number of ether oxygens (including phenoxy) is 1. The van der Waals surface area contributed by atoms with Gasteiger partial charge in [-0.15, -0.1) is 0 Å². The molecule has 110 valence electrons. The Bertz CT molecular complexity index is 324. The minimum Gasteiger partial charge on any atom is -0.394 e. The van der Waals surface area contributed by atoms with E-state index in [1.54, 1.807) is 0 Å². The summed E-state index contributed by atoms with van der Waals surface area (Å²) in [6.07, 6.45) is 1.07. The van der Waals surface area contributed by atoms with Gasteiger partial charge in [-0.05, 0) is 6.92 Å². The Morgan fingerprint density at radius 3 is 2.63 bits per heavy atom. The fraction of sp³-hybridized carbons (Fsp3) is 0.636. The van der Waals surface area contributed by atoms with Crippen LogP contribution in [0.5, 0.6) is 0 Å². The van der Waals surface area contributed by atoms with Crippen molar-refractivity contribution in [2.45, 2.75) is 18.3 Å². The van der Waals surface area contributed by atoms with Gasteiger partial charge in [0.1, 0.15) is 0 Å². The average molecular weight is 294 g/mol. The topological polar surface area (TPSA) is 78.9 Å². The van der Waals surface area contributed by atoms with Crippen LogP contribution in [0.15, 0.2) is 11.8 Å². The van der Waals surface area contributed by atoms with Gasteiger partial charge in [0.05, 0.1) is 30.1 Å². The molecule has 0 aromatic heterocycles. The molecule has 0 aromatic carbocycles. The Morgan fingerprint density at radius 2 is 2.26 bits per heavy atom. The molecule has 0 spiro atoms. The fourth-order valence-corrected chi connectivity index (χ4v) is 1.93. The molecular formula is C11H19FN2O4S. The van der Waals surface area contributed by atoms with Crippen molar-refractivity contribution in [3.05, 3.63) is 11.8 Å². The number of nitrogens with one attached hydrogen (secondary N) is 1. The molecule has 19 heavy (non-hydrogen) atoms. The van der Waals surface area contributed by atoms with E-state index in [-0.39, 0.29) is 31.2 Å². The summed E-state index contributed by atoms with van der Waals surface area (Å²) in [5, 5.41) is 10.7. The number of aliphatic hydroxyl groups is 1. The van der Waals surface area contributed by atoms with Crippen LogP contribution in [-0.2, 0) is 14.3 Å². The molecule has 0 rings (SSSR count). The molecule has 0 fully saturated rings. The zero-order valence-corrected chi connectivity index (χ0v) is 11.9. The molecule has 2 N–H and O–H groups in total. The van der Waals surface area contributed by atoms with E-state index < -0.39 is 11.4 Å². The van der Waals surface area contributed by atoms with Gasteiger partial charge in [-0.2, -0.15) is 3.89 Å². The van der Waals surface area contributed by atoms with Crippen LogP contribution in [0.4, 0.5) is 3.89 Å². The summed E-state index contributed by atoms with van der Waals surface area (Å²) in [7, 11) is 2.82. The van der Waals surface area contributed by atoms with Crippen LogP contribution in [0.1, 0.15) is 6.92 Å². The molecule has 0 saturated carbocycles. The summed E-state index contributed by atoms with van der Waals surface area (Å²) in [6.45, 7) is 1.16. The number of methoxy groups -OCH3 is 1. The zero-order chi connectivity index (χ0) is 14.8. The number of rotatable bonds is 9. The second kappa shape index (κ2) is 9.76. The van der Waals surface area contributed by atoms with Gasteiger partial charge >= 0.3 is 0 Å². The third kappa shape index (κ3) is 6.04. The lowest BCUT2D eigenvalue weighted by atomic mass is 10.2. The molecule has 0 aliphatic carbocycles. The second-order valence-electron chi connectivity index (χ2n) is 3.78. The summed E-state index contributed by atoms with van der Waals surface area (Å²) in [5.41, 5.74) is 0.315. The Kier molecular flexibility index (Phi) is 9.19. The van der Waals surface area contributed by atoms with Gasteiger partial charge in [0, 0.05) is 32.5 Å². The van der Waals surface area contributed by atoms with E-state index in [2.05, 4.69) is 5.32 Å². The molecule has 2 amide bonds. The van der Waals surface area contributed by atoms with Crippen LogP contribution in [0, 0.1) is 0 Å². The lowest BCUT2D eigenvalue weighted by molar-refractivity contribution is -0.117. The molecule has 0 radical (unpaired) electrons. The Hall–Kier alpha value is -1.12. The van der Waals surface area contributed by atoms with E-state index in [9.17, 15) is 13.5 Å². The average Bonchev–Trinajstić information content (AvgIpc) is 2.44. The van der Waals surface area contributed by atoms with Crippen LogP contribution in [0.25, 0.3) is 0 Å². The highest BCUT2D eigenvalue weighted by Gasteiger charge is 2.24. The predicted octanol–water partition coefficient (Wildman–Crippen LogP) is 0.0882. The Balaban J connectivity index is 4.78. The van der Waals surface area contributed by atoms with Gasteiger partial charge < -0.3 is 20.1 Å². The molecular weight excluding hydrogens is 275 g/mol. The third-order valence-corrected chi connectivity index (χ3v) is 3.16. The maximum absolute atomic E-state index is 12.8. The van der Waals surface area contributed by atoms with Gasteiger partial charge in [0.2, 0.25) is 12.3 Å². The third-order valence-electron chi connectivity index (χ3n) is 2.48. The first-order valence-electron chi connectivity index (χ1n) is 5.56. The van der Waals surface area contributed by atoms with E-state index in [4.69, 9.17) is 9.84 Å². The number of aliphatic hydroxyl groups excluding tert-OH is 1. The van der Waals surface area contributed by atoms with Gasteiger partial charge in [0.25, 0.3) is 0 Å². The Labute approximate surface area is 116 Å². The normalized spacial score (nSPS) is 14.7. The maximum atomic E-state index is 12.8. The predicted molar refractivity (Wildman–Crippen MR) is 71.0 cm³/mol. The number of carbonyl (C=O) groups excluding carboxylic acids is 2. The lowest BCUT2D eigenvalue weighted by Gasteiger charge is -2.24. The molecule has 0 saturated heterocycles. The summed E-state index contributed by atoms with van der Waals surface area (Å²) in [4.78, 5) is 23.4. The van der Waals surface area contributed by atoms with Crippen LogP contribution < -0.4 is 5.32 Å². The van der Waals surface area contributed by atoms with Crippen molar-refractivity contribution < 1.29 is 23.3 Å². The van der Waals surface area contributed by atoms with E-state index in [1.807, 2.05) is 0 Å². The minimum atomic E-state index is -0.742. The van der Waals surface area contributed by atoms with Crippen LogP contribution in [0.3, 0.4) is 0 Å². The van der Waals surface area contributed by atoms with Crippen LogP contribution >= 0.6 is 12.1 Å². The van der Waals surface area contributed by atoms with Crippen LogP contribution in [-0.4, -0.2) is 61.0 Å². The number of amides is 2. The van der Waals surface area contributed by atoms with E-state index in [1.165, 1.54) is 27.3 Å². The minimum absolute atomic E-state index is 0.00325. The number of nitrogens with zero attached hydrogens (tertiary/aromatic N) is 1. The molecule has 8 heteroatoms. The monoisotopic (exact) mass is 294 g/mol. The lowest BCUT2D eigenvalue weighted by Crippen LogP contribution is -2.37. The number of hydrogen-bond acceptors (Lipinski definition) is 5. The molecule has 6 nitrogen and oxygen atoms in total. The quantitative estimate of drug-likeness (QED) is 0.465. The van der Waals surface area contributed by atoms with Crippen LogP contribution in [0.2, 0.25) is 0 Å². The largest absolute Gasteiger partial charge is 0.394 e. The first-order chi connectivity index (χ1) is 9.03. The van der Waals surface area contributed by atoms with Gasteiger partial charge in [-0.1, -0.05) is 0 Å². The van der Waals surface area contributed by atoms with Crippen molar-refractivity contribution in [1.29, 1.82) is 0 Å². The zero-order valence-electron chi connectivity index (χ0n) is 11.1. The summed E-state index contributed by atoms with van der Waals surface area (Å²) in [5.74, 6) is -0.332. The fourth-order valence-electron chi connectivity index (χ4n) is 1.39. The van der Waals surface area contributed by atoms with Crippen molar-refractivity contribution in [2.24, 2.45) is 0 Å². The smallest absolute Gasteiger partial charge is 0.248 e. The van der Waals surface area contributed by atoms with E-state index in [0.717, 1.165) is 4.90 Å². The maximum Gasteiger partial charge on any atom is 0.248 e. The number of likely N-dealkylation sites (N-methyl/N-ethyl adjacent to an activating group) is 1. The van der Waals surface area contributed by atoms with E-state index >= 15 is 0 Å². The van der Waals surface area contributed by atoms with Gasteiger partial charge in [-0.3, -0.25) is 9.59 Å². The molecule has 0 aliphatic rings. The summed E-state index contributed by atoms with van der Waals surface area (Å²) >= 11 is -0.00325. The first kappa shape index (κ1) is 17.9. The van der Waals surface area contributed by atoms with Crippen molar-refractivity contribution in [3.8, 4) is 0 Å². The van der Waals surface area contributed by atoms with Crippen molar-refractivity contribution in [2.75, 3.05) is 27.3 Å². The molecule has 0 bridgehead atoms. The first-order valence-corrected chi connectivity index (χ1v) is 6.34. The molecule has 2 atom stereocenters. The number of halogens is 1. The summed E-state index contributed by atoms with van der Waals surface area (Å²) < 4.78 is 17.7. The highest BCUT2D eigenvalue weighted by atomic mass is 32.2. The van der Waals surface area contributed by atoms with Gasteiger partial charge in [-0.25, -0.2) is 0 Å². The highest BCUT2D eigenvalue weighted by molar-refractivity contribution is 7.95. The van der Waals surface area contributed by atoms with E-state index in [0.29, 0.717) is 12.0 Å². The number of carbonyl (C=O) groups is 2. The SMILES string of the molecule is CNC(=O)/C(C)=C\N(C=O)C[C@@H](SF)C(CO)OC. The molecule has 0 aromatic rings.